The molecule has 0 saturated carbocycles. The van der Waals surface area contributed by atoms with Crippen LogP contribution in [0.25, 0.3) is 0 Å². The topological polar surface area (TPSA) is 61.8 Å². The second-order valence-corrected chi connectivity index (χ2v) is 3.87. The molecule has 18 heavy (non-hydrogen) atoms. The minimum Gasteiger partial charge on any atom is -0.466 e. The van der Waals surface area contributed by atoms with Gasteiger partial charge in [-0.05, 0) is 13.3 Å². The van der Waals surface area contributed by atoms with Crippen molar-refractivity contribution in [2.75, 3.05) is 20.3 Å². The maximum absolute atomic E-state index is 10.3. The minimum atomic E-state index is -0.233. The van der Waals surface area contributed by atoms with Crippen LogP contribution in [0.1, 0.15) is 47.0 Å². The molecular formula is C13H26O5. The van der Waals surface area contributed by atoms with E-state index in [0.29, 0.717) is 13.2 Å². The summed E-state index contributed by atoms with van der Waals surface area (Å²) in [7, 11) is 1.64. The predicted molar refractivity (Wildman–Crippen MR) is 69.3 cm³/mol. The van der Waals surface area contributed by atoms with Crippen molar-refractivity contribution in [3.63, 3.8) is 0 Å². The molecule has 0 bridgehead atoms. The summed E-state index contributed by atoms with van der Waals surface area (Å²) in [6.45, 7) is 7.84. The maximum atomic E-state index is 10.3. The monoisotopic (exact) mass is 262 g/mol. The van der Waals surface area contributed by atoms with Crippen molar-refractivity contribution in [1.29, 1.82) is 0 Å². The van der Waals surface area contributed by atoms with Gasteiger partial charge in [0.2, 0.25) is 0 Å². The lowest BCUT2D eigenvalue weighted by Crippen LogP contribution is -2.10. The zero-order valence-electron chi connectivity index (χ0n) is 12.2. The van der Waals surface area contributed by atoms with E-state index in [2.05, 4.69) is 11.7 Å². The highest BCUT2D eigenvalue weighted by atomic mass is 16.5. The van der Waals surface area contributed by atoms with E-state index >= 15 is 0 Å². The molecule has 1 atom stereocenters. The molecule has 0 spiro atoms. The Morgan fingerprint density at radius 3 is 1.94 bits per heavy atom. The summed E-state index contributed by atoms with van der Waals surface area (Å²) < 4.78 is 14.3. The molecule has 0 heterocycles. The third-order valence-electron chi connectivity index (χ3n) is 2.04. The van der Waals surface area contributed by atoms with E-state index in [4.69, 9.17) is 9.47 Å². The van der Waals surface area contributed by atoms with Gasteiger partial charge in [-0.25, -0.2) is 0 Å². The van der Waals surface area contributed by atoms with Crippen LogP contribution in [0.15, 0.2) is 0 Å². The number of hydrogen-bond donors (Lipinski definition) is 0. The van der Waals surface area contributed by atoms with Crippen molar-refractivity contribution in [2.24, 2.45) is 0 Å². The van der Waals surface area contributed by atoms with Crippen LogP contribution in [0, 0.1) is 0 Å². The Labute approximate surface area is 110 Å². The molecule has 0 amide bonds. The molecule has 5 nitrogen and oxygen atoms in total. The molecule has 1 unspecified atom stereocenters. The fraction of sp³-hybridized carbons (Fsp3) is 0.846. The number of ether oxygens (including phenoxy) is 3. The first-order valence-corrected chi connectivity index (χ1v) is 6.23. The van der Waals surface area contributed by atoms with Gasteiger partial charge in [-0.15, -0.1) is 0 Å². The van der Waals surface area contributed by atoms with Crippen LogP contribution >= 0.6 is 0 Å². The molecule has 0 aliphatic carbocycles. The van der Waals surface area contributed by atoms with Crippen molar-refractivity contribution in [3.05, 3.63) is 0 Å². The SMILES string of the molecule is CCCCOC(C)=O.COC(C)CCOC(C)=O. The first kappa shape index (κ1) is 19.2. The third kappa shape index (κ3) is 20.3. The van der Waals surface area contributed by atoms with Gasteiger partial charge in [0.05, 0.1) is 19.3 Å². The highest BCUT2D eigenvalue weighted by Gasteiger charge is 1.99. The van der Waals surface area contributed by atoms with Crippen LogP contribution < -0.4 is 0 Å². The molecule has 0 aliphatic heterocycles. The highest BCUT2D eigenvalue weighted by Crippen LogP contribution is 1.94. The van der Waals surface area contributed by atoms with E-state index in [-0.39, 0.29) is 18.0 Å². The molecule has 0 aromatic rings. The second kappa shape index (κ2) is 14.0. The van der Waals surface area contributed by atoms with E-state index < -0.39 is 0 Å². The summed E-state index contributed by atoms with van der Waals surface area (Å²) in [6.07, 6.45) is 2.97. The lowest BCUT2D eigenvalue weighted by molar-refractivity contribution is -0.142. The van der Waals surface area contributed by atoms with E-state index in [1.54, 1.807) is 7.11 Å². The van der Waals surface area contributed by atoms with E-state index in [9.17, 15) is 9.59 Å². The van der Waals surface area contributed by atoms with Gasteiger partial charge in [0, 0.05) is 27.4 Å². The van der Waals surface area contributed by atoms with Crippen LogP contribution in [0.3, 0.4) is 0 Å². The highest BCUT2D eigenvalue weighted by molar-refractivity contribution is 5.66. The molecule has 0 radical (unpaired) electrons. The van der Waals surface area contributed by atoms with Gasteiger partial charge in [-0.3, -0.25) is 9.59 Å². The average molecular weight is 262 g/mol. The zero-order valence-corrected chi connectivity index (χ0v) is 12.2. The smallest absolute Gasteiger partial charge is 0.302 e. The second-order valence-electron chi connectivity index (χ2n) is 3.87. The van der Waals surface area contributed by atoms with Crippen LogP contribution in [0.2, 0.25) is 0 Å². The van der Waals surface area contributed by atoms with E-state index in [0.717, 1.165) is 19.3 Å². The summed E-state index contributed by atoms with van der Waals surface area (Å²) in [4.78, 5) is 20.3. The quantitative estimate of drug-likeness (QED) is 0.520. The molecule has 108 valence electrons. The molecule has 0 fully saturated rings. The molecule has 5 heteroatoms. The zero-order chi connectivity index (χ0) is 14.4. The Balaban J connectivity index is 0. The summed E-state index contributed by atoms with van der Waals surface area (Å²) in [6, 6.07) is 0. The fourth-order valence-electron chi connectivity index (χ4n) is 0.847. The first-order chi connectivity index (χ1) is 8.43. The maximum Gasteiger partial charge on any atom is 0.302 e. The Morgan fingerprint density at radius 1 is 1.06 bits per heavy atom. The van der Waals surface area contributed by atoms with Gasteiger partial charge in [0.1, 0.15) is 0 Å². The molecule has 0 aliphatic rings. The fourth-order valence-corrected chi connectivity index (χ4v) is 0.847. The van der Waals surface area contributed by atoms with Gasteiger partial charge < -0.3 is 14.2 Å². The third-order valence-corrected chi connectivity index (χ3v) is 2.04. The number of esters is 2. The van der Waals surface area contributed by atoms with Crippen molar-refractivity contribution in [3.8, 4) is 0 Å². The van der Waals surface area contributed by atoms with E-state index in [1.807, 2.05) is 6.92 Å². The molecule has 0 N–H and O–H groups in total. The minimum absolute atomic E-state index is 0.166. The van der Waals surface area contributed by atoms with E-state index in [1.165, 1.54) is 13.8 Å². The van der Waals surface area contributed by atoms with Crippen LogP contribution in [-0.4, -0.2) is 38.4 Å². The average Bonchev–Trinajstić information content (AvgIpc) is 2.29. The molecule has 0 saturated heterocycles. The first-order valence-electron chi connectivity index (χ1n) is 6.23. The summed E-state index contributed by atoms with van der Waals surface area (Å²) >= 11 is 0. The van der Waals surface area contributed by atoms with Gasteiger partial charge in [0.25, 0.3) is 0 Å². The number of rotatable bonds is 7. The van der Waals surface area contributed by atoms with Crippen molar-refractivity contribution in [1.82, 2.24) is 0 Å². The van der Waals surface area contributed by atoms with Crippen molar-refractivity contribution >= 4 is 11.9 Å². The largest absolute Gasteiger partial charge is 0.466 e. The predicted octanol–water partition coefficient (Wildman–Crippen LogP) is 2.32. The van der Waals surface area contributed by atoms with Crippen LogP contribution in [0.5, 0.6) is 0 Å². The summed E-state index contributed by atoms with van der Waals surface area (Å²) in [5.41, 5.74) is 0. The lowest BCUT2D eigenvalue weighted by Gasteiger charge is -2.07. The summed E-state index contributed by atoms with van der Waals surface area (Å²) in [5.74, 6) is -0.415. The number of methoxy groups -OCH3 is 1. The normalized spacial score (nSPS) is 10.9. The number of carbonyl (C=O) groups excluding carboxylic acids is 2. The Hall–Kier alpha value is -1.10. The van der Waals surface area contributed by atoms with Gasteiger partial charge in [0.15, 0.2) is 0 Å². The Morgan fingerprint density at radius 2 is 1.56 bits per heavy atom. The lowest BCUT2D eigenvalue weighted by atomic mass is 10.3. The Bertz CT molecular complexity index is 215. The number of hydrogen-bond acceptors (Lipinski definition) is 5. The number of carbonyl (C=O) groups is 2. The molecule has 0 aromatic heterocycles. The van der Waals surface area contributed by atoms with Crippen LogP contribution in [-0.2, 0) is 23.8 Å². The van der Waals surface area contributed by atoms with Crippen LogP contribution in [0.4, 0.5) is 0 Å². The number of unbranched alkanes of at least 4 members (excludes halogenated alkanes) is 1. The molecule has 0 aromatic carbocycles. The van der Waals surface area contributed by atoms with Crippen molar-refractivity contribution < 1.29 is 23.8 Å². The van der Waals surface area contributed by atoms with Gasteiger partial charge in [-0.1, -0.05) is 13.3 Å². The van der Waals surface area contributed by atoms with Gasteiger partial charge in [-0.2, -0.15) is 0 Å². The molecule has 0 rings (SSSR count). The van der Waals surface area contributed by atoms with Crippen molar-refractivity contribution in [2.45, 2.75) is 53.1 Å². The van der Waals surface area contributed by atoms with Gasteiger partial charge >= 0.3 is 11.9 Å². The standard InChI is InChI=1S/C7H14O3.C6H12O2/c1-6(9-3)4-5-10-7(2)8;1-3-4-5-8-6(2)7/h6H,4-5H2,1-3H3;3-5H2,1-2H3. The summed E-state index contributed by atoms with van der Waals surface area (Å²) in [5, 5.41) is 0. The molecular weight excluding hydrogens is 236 g/mol. The Kier molecular flexibility index (Phi) is 14.9.